The zero-order chi connectivity index (χ0) is 4.71. The molecule has 0 unspecified atom stereocenters. The molecule has 0 aromatic rings. The Hall–Kier alpha value is 1.19. The van der Waals surface area contributed by atoms with E-state index < -0.39 is 16.5 Å². The van der Waals surface area contributed by atoms with E-state index in [-0.39, 0.29) is 0 Å². The Bertz CT molecular complexity index is 7.61. The predicted octanol–water partition coefficient (Wildman–Crippen LogP) is 1.29. The van der Waals surface area contributed by atoms with Crippen LogP contribution in [0.3, 0.4) is 0 Å². The van der Waals surface area contributed by atoms with Crippen molar-refractivity contribution < 1.29 is 16.5 Å². The summed E-state index contributed by atoms with van der Waals surface area (Å²) in [4.78, 5) is 0. The molecule has 3 N–H and O–H groups in total. The van der Waals surface area contributed by atoms with Crippen LogP contribution in [0, 0.1) is 0 Å². The Labute approximate surface area is 47.2 Å². The fourth-order valence-corrected chi connectivity index (χ4v) is 0. The molecule has 0 amide bonds. The largest absolute Gasteiger partial charge is 0.615 e. The average Bonchev–Trinajstić information content (AvgIpc) is 1.46. The summed E-state index contributed by atoms with van der Waals surface area (Å²) in [7, 11) is 9.75. The van der Waals surface area contributed by atoms with Gasteiger partial charge in [-0.05, 0) is 0 Å². The molecule has 2 nitrogen and oxygen atoms in total. The quantitative estimate of drug-likeness (QED) is 0.531. The second kappa shape index (κ2) is 19.0. The van der Waals surface area contributed by atoms with E-state index in [1.165, 1.54) is 0 Å². The van der Waals surface area contributed by atoms with Crippen molar-refractivity contribution in [2.75, 3.05) is 0 Å². The first-order chi connectivity index (χ1) is 2.41. The van der Waals surface area contributed by atoms with Gasteiger partial charge in [0.05, 0.1) is 0 Å². The Balaban J connectivity index is 0. The van der Waals surface area contributed by atoms with Crippen molar-refractivity contribution in [3.05, 3.63) is 5.84 Å². The van der Waals surface area contributed by atoms with Crippen molar-refractivity contribution in [3.8, 4) is 0 Å². The molecule has 0 fully saturated rings. The molecule has 0 radical (unpaired) electrons. The fourth-order valence-electron chi connectivity index (χ4n) is 0. The summed E-state index contributed by atoms with van der Waals surface area (Å²) in [6, 6.07) is 0. The molecule has 36 valence electrons. The van der Waals surface area contributed by atoms with E-state index in [4.69, 9.17) is 24.7 Å². The van der Waals surface area contributed by atoms with Crippen LogP contribution < -0.4 is 5.84 Å². The molecule has 0 aliphatic carbocycles. The molecule has 0 aromatic carbocycles. The van der Waals surface area contributed by atoms with Crippen LogP contribution in [0.25, 0.3) is 5.84 Å². The van der Waals surface area contributed by atoms with Crippen LogP contribution in [0.1, 0.15) is 0 Å². The normalized spacial score (nSPS) is 5.60. The zero-order valence-electron chi connectivity index (χ0n) is 2.15. The van der Waals surface area contributed by atoms with Crippen LogP contribution in [0.5, 0.6) is 0 Å². The SMILES string of the molecule is [Cl][Pt+2][Cl].[NH-]N. The molecule has 0 heterocycles. The van der Waals surface area contributed by atoms with Crippen molar-refractivity contribution in [1.29, 1.82) is 0 Å². The molecule has 0 saturated carbocycles. The molecular weight excluding hydrogens is 294 g/mol. The molecule has 5 heavy (non-hydrogen) atoms. The van der Waals surface area contributed by atoms with Crippen LogP contribution in [-0.2, 0) is 16.5 Å². The second-order valence-corrected chi connectivity index (χ2v) is 3.33. The van der Waals surface area contributed by atoms with E-state index in [2.05, 4.69) is 5.84 Å². The number of halogens is 2. The molecular formula is H3Cl2N2Pt+. The second-order valence-electron chi connectivity index (χ2n) is 0.0452. The Morgan fingerprint density at radius 3 is 1.40 bits per heavy atom. The maximum atomic E-state index is 5.25. The first-order valence-corrected chi connectivity index (χ1v) is 6.16. The minimum atomic E-state index is -0.472. The molecule has 0 rings (SSSR count). The van der Waals surface area contributed by atoms with Gasteiger partial charge in [-0.3, -0.25) is 0 Å². The van der Waals surface area contributed by atoms with Gasteiger partial charge < -0.3 is 11.7 Å². The third-order valence-electron chi connectivity index (χ3n) is 0. The summed E-state index contributed by atoms with van der Waals surface area (Å²) in [5.41, 5.74) is 0. The number of hydrogen-bond donors (Lipinski definition) is 1. The van der Waals surface area contributed by atoms with Gasteiger partial charge in [0.2, 0.25) is 0 Å². The van der Waals surface area contributed by atoms with Gasteiger partial charge in [-0.2, -0.15) is 0 Å². The summed E-state index contributed by atoms with van der Waals surface area (Å²) < 4.78 is 0. The van der Waals surface area contributed by atoms with E-state index in [9.17, 15) is 0 Å². The standard InChI is InChI=1S/2ClH.H3N2.Pt/c;;1-2;/h2*1H;1H,2H2;/q;;-1;+4/p-2. The van der Waals surface area contributed by atoms with Gasteiger partial charge in [-0.1, -0.05) is 0 Å². The van der Waals surface area contributed by atoms with Crippen molar-refractivity contribution in [3.63, 3.8) is 0 Å². The minimum Gasteiger partial charge on any atom is -0.615 e. The molecule has 0 bridgehead atoms. The molecule has 0 spiro atoms. The summed E-state index contributed by atoms with van der Waals surface area (Å²) >= 11 is -0.472. The summed E-state index contributed by atoms with van der Waals surface area (Å²) in [6.07, 6.45) is 0. The molecule has 0 aliphatic rings. The van der Waals surface area contributed by atoms with Crippen molar-refractivity contribution >= 4 is 18.8 Å². The molecule has 0 saturated heterocycles. The molecule has 5 heteroatoms. The fraction of sp³-hybridized carbons (Fsp3) is 0. The van der Waals surface area contributed by atoms with Crippen LogP contribution in [-0.4, -0.2) is 0 Å². The predicted molar refractivity (Wildman–Crippen MR) is 20.2 cm³/mol. The van der Waals surface area contributed by atoms with Gasteiger partial charge in [0.1, 0.15) is 0 Å². The number of nitrogens with two attached hydrogens (primary N) is 1. The number of nitrogens with one attached hydrogen (secondary N) is 1. The Kier molecular flexibility index (Phi) is 36.1. The van der Waals surface area contributed by atoms with E-state index >= 15 is 0 Å². The zero-order valence-corrected chi connectivity index (χ0v) is 5.93. The van der Waals surface area contributed by atoms with Crippen LogP contribution in [0.2, 0.25) is 0 Å². The van der Waals surface area contributed by atoms with Gasteiger partial charge in [-0.25, -0.2) is 0 Å². The monoisotopic (exact) mass is 296 g/mol. The minimum absolute atomic E-state index is 0.472. The third kappa shape index (κ3) is 37.3. The average molecular weight is 297 g/mol. The van der Waals surface area contributed by atoms with Crippen LogP contribution in [0.4, 0.5) is 0 Å². The Morgan fingerprint density at radius 2 is 1.40 bits per heavy atom. The smallest absolute Gasteiger partial charge is 0.438 e. The van der Waals surface area contributed by atoms with Gasteiger partial charge in [-0.15, -0.1) is 0 Å². The van der Waals surface area contributed by atoms with E-state index in [0.29, 0.717) is 0 Å². The van der Waals surface area contributed by atoms with E-state index in [1.54, 1.807) is 0 Å². The first kappa shape index (κ1) is 9.50. The number of rotatable bonds is 0. The van der Waals surface area contributed by atoms with Gasteiger partial charge >= 0.3 is 35.3 Å². The van der Waals surface area contributed by atoms with E-state index in [0.717, 1.165) is 0 Å². The summed E-state index contributed by atoms with van der Waals surface area (Å²) in [5.74, 6) is 9.00. The summed E-state index contributed by atoms with van der Waals surface area (Å²) in [6.45, 7) is 0. The topological polar surface area (TPSA) is 49.8 Å². The first-order valence-electron chi connectivity index (χ1n) is 0.528. The maximum Gasteiger partial charge on any atom is -0.438 e. The Morgan fingerprint density at radius 1 is 1.40 bits per heavy atom. The summed E-state index contributed by atoms with van der Waals surface area (Å²) in [5, 5.41) is 0. The van der Waals surface area contributed by atoms with Gasteiger partial charge in [0.15, 0.2) is 0 Å². The molecule has 0 aliphatic heterocycles. The van der Waals surface area contributed by atoms with Crippen molar-refractivity contribution in [2.45, 2.75) is 0 Å². The van der Waals surface area contributed by atoms with Gasteiger partial charge in [0, 0.05) is 0 Å². The van der Waals surface area contributed by atoms with Crippen molar-refractivity contribution in [2.24, 2.45) is 5.84 Å². The van der Waals surface area contributed by atoms with Crippen LogP contribution >= 0.6 is 18.8 Å². The maximum absolute atomic E-state index is 5.25. The number of hydrogen-bond acceptors (Lipinski definition) is 1. The van der Waals surface area contributed by atoms with Crippen molar-refractivity contribution in [1.82, 2.24) is 0 Å². The van der Waals surface area contributed by atoms with E-state index in [1.807, 2.05) is 0 Å². The molecule has 0 aromatic heterocycles. The van der Waals surface area contributed by atoms with Gasteiger partial charge in [0.25, 0.3) is 0 Å². The molecule has 0 atom stereocenters. The van der Waals surface area contributed by atoms with Crippen LogP contribution in [0.15, 0.2) is 0 Å². The third-order valence-corrected chi connectivity index (χ3v) is 0.